The van der Waals surface area contributed by atoms with E-state index in [-0.39, 0.29) is 11.9 Å². The Kier molecular flexibility index (Phi) is 6.10. The van der Waals surface area contributed by atoms with Gasteiger partial charge < -0.3 is 15.0 Å². The highest BCUT2D eigenvalue weighted by Gasteiger charge is 2.18. The minimum absolute atomic E-state index is 0.00519. The number of ether oxygens (including phenoxy) is 1. The fourth-order valence-corrected chi connectivity index (χ4v) is 2.77. The zero-order chi connectivity index (χ0) is 19.1. The molecule has 0 fully saturated rings. The lowest BCUT2D eigenvalue weighted by molar-refractivity contribution is -0.118. The first kappa shape index (κ1) is 18.5. The Bertz CT molecular complexity index is 849. The van der Waals surface area contributed by atoms with Crippen LogP contribution in [0.1, 0.15) is 12.5 Å². The first-order valence-corrected chi connectivity index (χ1v) is 8.99. The Balaban J connectivity index is 1.55. The summed E-state index contributed by atoms with van der Waals surface area (Å²) in [6.07, 6.45) is 0. The van der Waals surface area contributed by atoms with Gasteiger partial charge in [-0.1, -0.05) is 48.5 Å². The minimum atomic E-state index is -0.341. The fraction of sp³-hybridized carbons (Fsp3) is 0.174. The maximum Gasteiger partial charge on any atom is 0.248 e. The second-order valence-corrected chi connectivity index (χ2v) is 6.40. The summed E-state index contributed by atoms with van der Waals surface area (Å²) in [6, 6.07) is 27.0. The van der Waals surface area contributed by atoms with Crippen LogP contribution in [0.3, 0.4) is 0 Å². The topological polar surface area (TPSA) is 41.6 Å². The molecule has 0 aliphatic rings. The number of nitrogens with zero attached hydrogens (tertiary/aromatic N) is 1. The van der Waals surface area contributed by atoms with Gasteiger partial charge in [-0.3, -0.25) is 4.79 Å². The number of amides is 1. The van der Waals surface area contributed by atoms with E-state index in [2.05, 4.69) is 5.32 Å². The van der Waals surface area contributed by atoms with Gasteiger partial charge in [0, 0.05) is 18.4 Å². The third kappa shape index (κ3) is 5.11. The SMILES string of the molecule is C[C@@H](Nc1ccc(OCc2ccccc2)cc1)C(=O)N(C)c1ccccc1. The molecule has 138 valence electrons. The number of hydrogen-bond donors (Lipinski definition) is 1. The summed E-state index contributed by atoms with van der Waals surface area (Å²) in [6.45, 7) is 2.39. The van der Waals surface area contributed by atoms with Gasteiger partial charge in [-0.25, -0.2) is 0 Å². The lowest BCUT2D eigenvalue weighted by Gasteiger charge is -2.23. The Hall–Kier alpha value is -3.27. The van der Waals surface area contributed by atoms with Crippen molar-refractivity contribution in [2.45, 2.75) is 19.6 Å². The van der Waals surface area contributed by atoms with Crippen molar-refractivity contribution in [3.8, 4) is 5.75 Å². The number of rotatable bonds is 7. The summed E-state index contributed by atoms with van der Waals surface area (Å²) in [5, 5.41) is 3.25. The van der Waals surface area contributed by atoms with Crippen molar-refractivity contribution < 1.29 is 9.53 Å². The predicted molar refractivity (Wildman–Crippen MR) is 110 cm³/mol. The number of hydrogen-bond acceptors (Lipinski definition) is 3. The number of likely N-dealkylation sites (N-methyl/N-ethyl adjacent to an activating group) is 1. The molecule has 3 aromatic carbocycles. The molecule has 1 amide bonds. The molecule has 27 heavy (non-hydrogen) atoms. The molecule has 4 heteroatoms. The second-order valence-electron chi connectivity index (χ2n) is 6.40. The van der Waals surface area contributed by atoms with Crippen molar-refractivity contribution in [2.24, 2.45) is 0 Å². The average molecular weight is 360 g/mol. The summed E-state index contributed by atoms with van der Waals surface area (Å²) in [4.78, 5) is 14.3. The van der Waals surface area contributed by atoms with Gasteiger partial charge in [0.25, 0.3) is 0 Å². The van der Waals surface area contributed by atoms with E-state index in [9.17, 15) is 4.79 Å². The minimum Gasteiger partial charge on any atom is -0.489 e. The number of benzene rings is 3. The van der Waals surface area contributed by atoms with Crippen LogP contribution in [0.25, 0.3) is 0 Å². The maximum atomic E-state index is 12.6. The van der Waals surface area contributed by atoms with Gasteiger partial charge in [0.2, 0.25) is 5.91 Å². The highest BCUT2D eigenvalue weighted by molar-refractivity contribution is 5.98. The number of nitrogens with one attached hydrogen (secondary N) is 1. The molecule has 0 heterocycles. The van der Waals surface area contributed by atoms with Crippen LogP contribution in [0.4, 0.5) is 11.4 Å². The highest BCUT2D eigenvalue weighted by Crippen LogP contribution is 2.19. The molecule has 0 bridgehead atoms. The van der Waals surface area contributed by atoms with E-state index >= 15 is 0 Å². The van der Waals surface area contributed by atoms with E-state index in [4.69, 9.17) is 4.74 Å². The van der Waals surface area contributed by atoms with Gasteiger partial charge in [-0.15, -0.1) is 0 Å². The fourth-order valence-electron chi connectivity index (χ4n) is 2.77. The standard InChI is InChI=1S/C23H24N2O2/c1-18(23(26)25(2)21-11-7-4-8-12-21)24-20-13-15-22(16-14-20)27-17-19-9-5-3-6-10-19/h3-16,18,24H,17H2,1-2H3/t18-/m1/s1. The largest absolute Gasteiger partial charge is 0.489 e. The first-order chi connectivity index (χ1) is 13.1. The van der Waals surface area contributed by atoms with Crippen LogP contribution < -0.4 is 15.0 Å². The highest BCUT2D eigenvalue weighted by atomic mass is 16.5. The molecule has 0 aliphatic carbocycles. The third-order valence-corrected chi connectivity index (χ3v) is 4.33. The summed E-state index contributed by atoms with van der Waals surface area (Å²) in [5.41, 5.74) is 2.88. The predicted octanol–water partition coefficient (Wildman–Crippen LogP) is 4.73. The molecule has 1 N–H and O–H groups in total. The zero-order valence-corrected chi connectivity index (χ0v) is 15.6. The van der Waals surface area contributed by atoms with E-state index in [1.807, 2.05) is 91.9 Å². The monoisotopic (exact) mass is 360 g/mol. The molecule has 0 saturated heterocycles. The van der Waals surface area contributed by atoms with Crippen molar-refractivity contribution in [1.82, 2.24) is 0 Å². The van der Waals surface area contributed by atoms with E-state index in [0.717, 1.165) is 22.7 Å². The summed E-state index contributed by atoms with van der Waals surface area (Å²) >= 11 is 0. The van der Waals surface area contributed by atoms with Crippen molar-refractivity contribution in [3.63, 3.8) is 0 Å². The molecular formula is C23H24N2O2. The molecule has 0 spiro atoms. The molecule has 0 radical (unpaired) electrons. The van der Waals surface area contributed by atoms with Crippen LogP contribution in [0.2, 0.25) is 0 Å². The summed E-state index contributed by atoms with van der Waals surface area (Å²) in [5.74, 6) is 0.801. The first-order valence-electron chi connectivity index (χ1n) is 8.99. The number of carbonyl (C=O) groups excluding carboxylic acids is 1. The van der Waals surface area contributed by atoms with E-state index in [0.29, 0.717) is 6.61 Å². The molecule has 4 nitrogen and oxygen atoms in total. The van der Waals surface area contributed by atoms with Gasteiger partial charge in [-0.05, 0) is 48.9 Å². The molecular weight excluding hydrogens is 336 g/mol. The Morgan fingerprint density at radius 2 is 1.52 bits per heavy atom. The average Bonchev–Trinajstić information content (AvgIpc) is 2.73. The third-order valence-electron chi connectivity index (χ3n) is 4.33. The quantitative estimate of drug-likeness (QED) is 0.662. The van der Waals surface area contributed by atoms with Crippen LogP contribution in [-0.4, -0.2) is 19.0 Å². The van der Waals surface area contributed by atoms with Crippen LogP contribution >= 0.6 is 0 Å². The number of para-hydroxylation sites is 1. The Morgan fingerprint density at radius 3 is 2.15 bits per heavy atom. The second kappa shape index (κ2) is 8.90. The van der Waals surface area contributed by atoms with Crippen LogP contribution in [-0.2, 0) is 11.4 Å². The zero-order valence-electron chi connectivity index (χ0n) is 15.6. The Labute approximate surface area is 160 Å². The van der Waals surface area contributed by atoms with Crippen LogP contribution in [0.5, 0.6) is 5.75 Å². The smallest absolute Gasteiger partial charge is 0.248 e. The lowest BCUT2D eigenvalue weighted by atomic mass is 10.2. The van der Waals surface area contributed by atoms with Crippen LogP contribution in [0.15, 0.2) is 84.9 Å². The maximum absolute atomic E-state index is 12.6. The van der Waals surface area contributed by atoms with Crippen LogP contribution in [0, 0.1) is 0 Å². The van der Waals surface area contributed by atoms with Gasteiger partial charge >= 0.3 is 0 Å². The summed E-state index contributed by atoms with van der Waals surface area (Å²) < 4.78 is 5.79. The summed E-state index contributed by atoms with van der Waals surface area (Å²) in [7, 11) is 1.79. The lowest BCUT2D eigenvalue weighted by Crippen LogP contribution is -2.39. The molecule has 0 aliphatic heterocycles. The van der Waals surface area contributed by atoms with E-state index in [1.165, 1.54) is 0 Å². The van der Waals surface area contributed by atoms with Crippen molar-refractivity contribution in [2.75, 3.05) is 17.3 Å². The molecule has 0 aromatic heterocycles. The van der Waals surface area contributed by atoms with Crippen molar-refractivity contribution >= 4 is 17.3 Å². The van der Waals surface area contributed by atoms with Gasteiger partial charge in [0.15, 0.2) is 0 Å². The van der Waals surface area contributed by atoms with E-state index < -0.39 is 0 Å². The molecule has 0 saturated carbocycles. The molecule has 3 aromatic rings. The molecule has 1 atom stereocenters. The normalized spacial score (nSPS) is 11.5. The molecule has 3 rings (SSSR count). The van der Waals surface area contributed by atoms with Gasteiger partial charge in [0.05, 0.1) is 0 Å². The number of anilines is 2. The van der Waals surface area contributed by atoms with Crippen molar-refractivity contribution in [1.29, 1.82) is 0 Å². The number of carbonyl (C=O) groups is 1. The van der Waals surface area contributed by atoms with Gasteiger partial charge in [-0.2, -0.15) is 0 Å². The Morgan fingerprint density at radius 1 is 0.926 bits per heavy atom. The van der Waals surface area contributed by atoms with Crippen molar-refractivity contribution in [3.05, 3.63) is 90.5 Å². The van der Waals surface area contributed by atoms with E-state index in [1.54, 1.807) is 11.9 Å². The van der Waals surface area contributed by atoms with Gasteiger partial charge in [0.1, 0.15) is 18.4 Å². The molecule has 0 unspecified atom stereocenters.